The van der Waals surface area contributed by atoms with Gasteiger partial charge in [-0.25, -0.2) is 4.98 Å². The van der Waals surface area contributed by atoms with Gasteiger partial charge in [0.25, 0.3) is 5.91 Å². The lowest BCUT2D eigenvalue weighted by Gasteiger charge is -2.39. The van der Waals surface area contributed by atoms with Crippen LogP contribution in [0.3, 0.4) is 0 Å². The second kappa shape index (κ2) is 10.3. The van der Waals surface area contributed by atoms with E-state index in [0.29, 0.717) is 26.7 Å². The van der Waals surface area contributed by atoms with Gasteiger partial charge < -0.3 is 15.2 Å². The third-order valence-corrected chi connectivity index (χ3v) is 7.06. The number of hydrogen-bond donors (Lipinski definition) is 2. The van der Waals surface area contributed by atoms with E-state index in [0.717, 1.165) is 0 Å². The predicted molar refractivity (Wildman–Crippen MR) is 137 cm³/mol. The highest BCUT2D eigenvalue weighted by molar-refractivity contribution is 6.36. The quantitative estimate of drug-likeness (QED) is 0.288. The van der Waals surface area contributed by atoms with Crippen LogP contribution in [0, 0.1) is 0 Å². The number of carbonyl (C=O) groups is 1. The third-order valence-electron chi connectivity index (χ3n) is 6.26. The Hall–Kier alpha value is -2.73. The Balaban J connectivity index is 1.91. The van der Waals surface area contributed by atoms with Gasteiger partial charge in [-0.2, -0.15) is 26.3 Å². The number of halogens is 9. The Morgan fingerprint density at radius 2 is 1.52 bits per heavy atom. The molecule has 1 amide bonds. The number of fused-ring (bicyclic) bond motifs is 1. The first-order valence-electron chi connectivity index (χ1n) is 11.5. The summed E-state index contributed by atoms with van der Waals surface area (Å²) in [4.78, 5) is 17.0. The number of hydrogen-bond acceptors (Lipinski definition) is 4. The average Bonchev–Trinajstić information content (AvgIpc) is 2.81. The van der Waals surface area contributed by atoms with Crippen molar-refractivity contribution in [1.29, 1.82) is 0 Å². The molecule has 0 aliphatic carbocycles. The molecule has 1 aliphatic rings. The number of amides is 1. The molecule has 0 saturated carbocycles. The maximum Gasteiger partial charge on any atom is 0.435 e. The minimum Gasteiger partial charge on any atom is -0.471 e. The van der Waals surface area contributed by atoms with E-state index < -0.39 is 35.5 Å². The Kier molecular flexibility index (Phi) is 7.77. The minimum atomic E-state index is -6.35. The van der Waals surface area contributed by atoms with Crippen LogP contribution in [0.25, 0.3) is 22.4 Å². The molecule has 1 unspecified atom stereocenters. The molecule has 0 radical (unpaired) electrons. The van der Waals surface area contributed by atoms with E-state index in [2.05, 4.69) is 4.98 Å². The molecule has 4 rings (SSSR count). The molecule has 0 fully saturated rings. The number of aliphatic hydroxyl groups is 1. The molecule has 0 spiro atoms. The SMILES string of the molecule is CC1(C)CC(NC(=O)C(O)(C(F)(F)F)C(F)(F)F)c2cc(-c3ccc(Cl)cc3)c(-c3ccc(Cl)cc3Cl)nc2O1. The molecule has 1 aliphatic heterocycles. The summed E-state index contributed by atoms with van der Waals surface area (Å²) in [5.41, 5.74) is -5.34. The lowest BCUT2D eigenvalue weighted by Crippen LogP contribution is -2.66. The number of aromatic nitrogens is 1. The molecular formula is C26H19Cl3F6N2O3. The summed E-state index contributed by atoms with van der Waals surface area (Å²) in [7, 11) is 0. The fraction of sp³-hybridized carbons (Fsp3) is 0.308. The Bertz CT molecular complexity index is 1450. The van der Waals surface area contributed by atoms with Gasteiger partial charge in [-0.3, -0.25) is 4.79 Å². The topological polar surface area (TPSA) is 71.5 Å². The van der Waals surface area contributed by atoms with Crippen LogP contribution in [0.15, 0.2) is 48.5 Å². The average molecular weight is 628 g/mol. The molecule has 0 saturated heterocycles. The number of pyridine rings is 1. The molecule has 1 atom stereocenters. The molecule has 40 heavy (non-hydrogen) atoms. The van der Waals surface area contributed by atoms with Crippen molar-refractivity contribution in [1.82, 2.24) is 10.3 Å². The first-order valence-corrected chi connectivity index (χ1v) is 12.6. The second-order valence-corrected chi connectivity index (χ2v) is 11.0. The molecule has 2 heterocycles. The zero-order valence-corrected chi connectivity index (χ0v) is 22.8. The molecule has 5 nitrogen and oxygen atoms in total. The largest absolute Gasteiger partial charge is 0.471 e. The lowest BCUT2D eigenvalue weighted by atomic mass is 9.87. The van der Waals surface area contributed by atoms with Gasteiger partial charge in [-0.05, 0) is 55.8 Å². The highest BCUT2D eigenvalue weighted by Gasteiger charge is 2.75. The number of nitrogens with one attached hydrogen (secondary N) is 1. The van der Waals surface area contributed by atoms with Crippen molar-refractivity contribution in [2.24, 2.45) is 0 Å². The number of nitrogens with zero attached hydrogens (tertiary/aromatic N) is 1. The van der Waals surface area contributed by atoms with Crippen LogP contribution < -0.4 is 10.1 Å². The maximum atomic E-state index is 13.4. The number of alkyl halides is 6. The van der Waals surface area contributed by atoms with Crippen molar-refractivity contribution in [3.63, 3.8) is 0 Å². The van der Waals surface area contributed by atoms with Crippen molar-refractivity contribution in [2.75, 3.05) is 0 Å². The first kappa shape index (κ1) is 30.2. The van der Waals surface area contributed by atoms with Crippen molar-refractivity contribution >= 4 is 40.7 Å². The molecule has 3 aromatic rings. The fourth-order valence-corrected chi connectivity index (χ4v) is 4.92. The van der Waals surface area contributed by atoms with Gasteiger partial charge in [-0.15, -0.1) is 0 Å². The number of ether oxygens (including phenoxy) is 1. The van der Waals surface area contributed by atoms with E-state index in [1.165, 1.54) is 26.0 Å². The lowest BCUT2D eigenvalue weighted by molar-refractivity contribution is -0.350. The van der Waals surface area contributed by atoms with Crippen LogP contribution in [0.1, 0.15) is 31.9 Å². The van der Waals surface area contributed by atoms with Crippen LogP contribution in [-0.4, -0.2) is 39.6 Å². The summed E-state index contributed by atoms with van der Waals surface area (Å²) < 4.78 is 86.2. The molecule has 2 aromatic carbocycles. The van der Waals surface area contributed by atoms with E-state index in [4.69, 9.17) is 39.5 Å². The zero-order valence-electron chi connectivity index (χ0n) is 20.5. The third kappa shape index (κ3) is 5.57. The summed E-state index contributed by atoms with van der Waals surface area (Å²) in [5.74, 6) is -2.85. The summed E-state index contributed by atoms with van der Waals surface area (Å²) >= 11 is 18.5. The summed E-state index contributed by atoms with van der Waals surface area (Å²) in [6.07, 6.45) is -12.9. The molecule has 2 N–H and O–H groups in total. The van der Waals surface area contributed by atoms with Gasteiger partial charge >= 0.3 is 18.0 Å². The van der Waals surface area contributed by atoms with Crippen LogP contribution >= 0.6 is 34.8 Å². The number of rotatable bonds is 4. The first-order chi connectivity index (χ1) is 18.3. The summed E-state index contributed by atoms with van der Waals surface area (Å²) in [6, 6.07) is 10.9. The van der Waals surface area contributed by atoms with Gasteiger partial charge in [0, 0.05) is 33.2 Å². The van der Waals surface area contributed by atoms with Crippen molar-refractivity contribution in [3.8, 4) is 28.3 Å². The van der Waals surface area contributed by atoms with Crippen LogP contribution in [0.5, 0.6) is 5.88 Å². The fourth-order valence-electron chi connectivity index (χ4n) is 4.29. The van der Waals surface area contributed by atoms with E-state index in [-0.39, 0.29) is 28.6 Å². The van der Waals surface area contributed by atoms with Gasteiger partial charge in [-0.1, -0.05) is 46.9 Å². The number of benzene rings is 2. The normalized spacial score (nSPS) is 17.1. The maximum absolute atomic E-state index is 13.4. The summed E-state index contributed by atoms with van der Waals surface area (Å²) in [6.45, 7) is 3.02. The Morgan fingerprint density at radius 3 is 2.08 bits per heavy atom. The zero-order chi connectivity index (χ0) is 29.8. The Morgan fingerprint density at radius 1 is 0.950 bits per heavy atom. The van der Waals surface area contributed by atoms with E-state index in [1.54, 1.807) is 41.7 Å². The van der Waals surface area contributed by atoms with Gasteiger partial charge in [0.1, 0.15) is 5.60 Å². The summed E-state index contributed by atoms with van der Waals surface area (Å²) in [5, 5.41) is 12.3. The highest BCUT2D eigenvalue weighted by Crippen LogP contribution is 2.47. The van der Waals surface area contributed by atoms with E-state index in [1.807, 2.05) is 0 Å². The molecule has 1 aromatic heterocycles. The van der Waals surface area contributed by atoms with Crippen molar-refractivity contribution in [2.45, 2.75) is 49.9 Å². The minimum absolute atomic E-state index is 0.0156. The van der Waals surface area contributed by atoms with Gasteiger partial charge in [0.05, 0.1) is 16.8 Å². The van der Waals surface area contributed by atoms with E-state index in [9.17, 15) is 36.2 Å². The number of carbonyl (C=O) groups excluding carboxylic acids is 1. The molecule has 0 bridgehead atoms. The Labute approximate surface area is 239 Å². The predicted octanol–water partition coefficient (Wildman–Crippen LogP) is 7.95. The molecular weight excluding hydrogens is 609 g/mol. The second-order valence-electron chi connectivity index (χ2n) is 9.71. The molecule has 14 heteroatoms. The molecule has 214 valence electrons. The monoisotopic (exact) mass is 626 g/mol. The van der Waals surface area contributed by atoms with Crippen molar-refractivity contribution in [3.05, 3.63) is 69.2 Å². The standard InChI is InChI=1S/C26H19Cl3F6N2O3/c1-23(2)11-19(36-22(38)24(39,25(30,31)32)26(33,34)35)17-10-16(12-3-5-13(27)6-4-12)20(37-21(17)40-23)15-8-7-14(28)9-18(15)29/h3-10,19,39H,11H2,1-2H3,(H,36,38). The van der Waals surface area contributed by atoms with Gasteiger partial charge in [0.2, 0.25) is 5.88 Å². The van der Waals surface area contributed by atoms with Crippen LogP contribution in [-0.2, 0) is 4.79 Å². The van der Waals surface area contributed by atoms with E-state index >= 15 is 0 Å². The highest BCUT2D eigenvalue weighted by atomic mass is 35.5. The van der Waals surface area contributed by atoms with Crippen LogP contribution in [0.4, 0.5) is 26.3 Å². The van der Waals surface area contributed by atoms with Crippen molar-refractivity contribution < 1.29 is 41.0 Å². The van der Waals surface area contributed by atoms with Gasteiger partial charge in [0.15, 0.2) is 0 Å². The smallest absolute Gasteiger partial charge is 0.435 e. The van der Waals surface area contributed by atoms with Crippen LogP contribution in [0.2, 0.25) is 15.1 Å².